The van der Waals surface area contributed by atoms with E-state index in [0.29, 0.717) is 23.5 Å². The van der Waals surface area contributed by atoms with Gasteiger partial charge in [-0.2, -0.15) is 0 Å². The number of hydrogen-bond acceptors (Lipinski definition) is 5. The van der Waals surface area contributed by atoms with Crippen LogP contribution in [0.25, 0.3) is 0 Å². The lowest BCUT2D eigenvalue weighted by Gasteiger charge is -2.21. The maximum atomic E-state index is 6.23. The first-order valence-electron chi connectivity index (χ1n) is 7.93. The number of halogens is 1. The zero-order valence-corrected chi connectivity index (χ0v) is 14.9. The van der Waals surface area contributed by atoms with E-state index in [-0.39, 0.29) is 12.4 Å². The zero-order valence-electron chi connectivity index (χ0n) is 14.1. The van der Waals surface area contributed by atoms with Gasteiger partial charge in [0.15, 0.2) is 11.5 Å². The monoisotopic (exact) mass is 342 g/mol. The van der Waals surface area contributed by atoms with Crippen molar-refractivity contribution in [1.82, 2.24) is 4.90 Å². The van der Waals surface area contributed by atoms with Crippen LogP contribution in [-0.2, 0) is 6.54 Å². The summed E-state index contributed by atoms with van der Waals surface area (Å²) in [6.07, 6.45) is 2.45. The number of benzene rings is 1. The predicted octanol–water partition coefficient (Wildman–Crippen LogP) is 2.30. The third-order valence-corrected chi connectivity index (χ3v) is 5.17. The molecule has 0 spiro atoms. The average Bonchev–Trinajstić information content (AvgIpc) is 3.08. The third-order valence-electron chi connectivity index (χ3n) is 5.17. The minimum Gasteiger partial charge on any atom is -0.493 e. The lowest BCUT2D eigenvalue weighted by atomic mass is 9.98. The number of hydrogen-bond donors (Lipinski definition) is 1. The molecule has 2 fully saturated rings. The number of ether oxygens (including phenoxy) is 3. The molecule has 3 rings (SSSR count). The molecule has 6 heteroatoms. The standard InChI is InChI=1S/C17H26N2O3.ClH/c1-20-15-7-5-12(16(21-2)17(15)22-3)9-19-8-11-4-6-14(18)13(11)10-19;/h5,7,11,13-14H,4,6,8-10,18H2,1-3H3;1H. The normalized spacial score (nSPS) is 26.5. The first-order chi connectivity index (χ1) is 10.7. The molecule has 2 N–H and O–H groups in total. The molecule has 0 radical (unpaired) electrons. The summed E-state index contributed by atoms with van der Waals surface area (Å²) in [7, 11) is 4.96. The lowest BCUT2D eigenvalue weighted by molar-refractivity contribution is 0.284. The van der Waals surface area contributed by atoms with Crippen LogP contribution in [0.2, 0.25) is 0 Å². The molecule has 5 nitrogen and oxygen atoms in total. The van der Waals surface area contributed by atoms with Gasteiger partial charge in [-0.3, -0.25) is 4.90 Å². The van der Waals surface area contributed by atoms with Crippen molar-refractivity contribution in [1.29, 1.82) is 0 Å². The Morgan fingerprint density at radius 1 is 1.04 bits per heavy atom. The number of fused-ring (bicyclic) bond motifs is 1. The first kappa shape index (κ1) is 18.2. The van der Waals surface area contributed by atoms with Crippen molar-refractivity contribution >= 4 is 12.4 Å². The molecule has 3 atom stereocenters. The largest absolute Gasteiger partial charge is 0.493 e. The zero-order chi connectivity index (χ0) is 15.7. The topological polar surface area (TPSA) is 57.0 Å². The van der Waals surface area contributed by atoms with Gasteiger partial charge in [-0.25, -0.2) is 0 Å². The number of likely N-dealkylation sites (tertiary alicyclic amines) is 1. The second kappa shape index (κ2) is 7.60. The molecule has 0 bridgehead atoms. The molecule has 130 valence electrons. The minimum absolute atomic E-state index is 0. The highest BCUT2D eigenvalue weighted by molar-refractivity contribution is 5.85. The van der Waals surface area contributed by atoms with Crippen molar-refractivity contribution in [2.45, 2.75) is 25.4 Å². The van der Waals surface area contributed by atoms with E-state index in [4.69, 9.17) is 19.9 Å². The lowest BCUT2D eigenvalue weighted by Crippen LogP contribution is -2.30. The Labute approximate surface area is 144 Å². The molecule has 3 unspecified atom stereocenters. The van der Waals surface area contributed by atoms with Crippen molar-refractivity contribution < 1.29 is 14.2 Å². The summed E-state index contributed by atoms with van der Waals surface area (Å²) < 4.78 is 16.4. The van der Waals surface area contributed by atoms with E-state index in [1.165, 1.54) is 12.8 Å². The van der Waals surface area contributed by atoms with E-state index in [9.17, 15) is 0 Å². The Bertz CT molecular complexity index is 541. The van der Waals surface area contributed by atoms with Gasteiger partial charge in [0.1, 0.15) is 0 Å². The Kier molecular flexibility index (Phi) is 6.00. The maximum Gasteiger partial charge on any atom is 0.203 e. The second-order valence-corrected chi connectivity index (χ2v) is 6.35. The Morgan fingerprint density at radius 3 is 2.39 bits per heavy atom. The molecule has 1 saturated carbocycles. The van der Waals surface area contributed by atoms with Crippen molar-refractivity contribution in [2.75, 3.05) is 34.4 Å². The molecule has 1 saturated heterocycles. The van der Waals surface area contributed by atoms with Gasteiger partial charge in [0.05, 0.1) is 21.3 Å². The third kappa shape index (κ3) is 3.37. The van der Waals surface area contributed by atoms with E-state index in [1.807, 2.05) is 6.07 Å². The minimum atomic E-state index is 0. The van der Waals surface area contributed by atoms with E-state index in [0.717, 1.165) is 36.9 Å². The second-order valence-electron chi connectivity index (χ2n) is 6.35. The average molecular weight is 343 g/mol. The molecule has 1 heterocycles. The molecular formula is C17H27ClN2O3. The Hall–Kier alpha value is -1.17. The van der Waals surface area contributed by atoms with Gasteiger partial charge in [-0.1, -0.05) is 6.07 Å². The van der Waals surface area contributed by atoms with Gasteiger partial charge in [0, 0.05) is 31.2 Å². The highest BCUT2D eigenvalue weighted by Crippen LogP contribution is 2.42. The van der Waals surface area contributed by atoms with Crippen LogP contribution in [0, 0.1) is 11.8 Å². The van der Waals surface area contributed by atoms with Crippen LogP contribution in [0.5, 0.6) is 17.2 Å². The predicted molar refractivity (Wildman–Crippen MR) is 92.8 cm³/mol. The van der Waals surface area contributed by atoms with E-state index in [1.54, 1.807) is 21.3 Å². The fourth-order valence-corrected chi connectivity index (χ4v) is 4.06. The van der Waals surface area contributed by atoms with Gasteiger partial charge in [-0.15, -0.1) is 12.4 Å². The highest BCUT2D eigenvalue weighted by Gasteiger charge is 2.40. The van der Waals surface area contributed by atoms with Crippen LogP contribution in [-0.4, -0.2) is 45.4 Å². The molecule has 2 aliphatic rings. The van der Waals surface area contributed by atoms with Gasteiger partial charge >= 0.3 is 0 Å². The molecule has 0 aromatic heterocycles. The summed E-state index contributed by atoms with van der Waals surface area (Å²) in [6, 6.07) is 4.38. The molecule has 0 amide bonds. The Balaban J connectivity index is 0.00000192. The fourth-order valence-electron chi connectivity index (χ4n) is 4.06. The number of nitrogens with zero attached hydrogens (tertiary/aromatic N) is 1. The number of methoxy groups -OCH3 is 3. The van der Waals surface area contributed by atoms with Crippen molar-refractivity contribution in [2.24, 2.45) is 17.6 Å². The van der Waals surface area contributed by atoms with E-state index < -0.39 is 0 Å². The van der Waals surface area contributed by atoms with Gasteiger partial charge in [-0.05, 0) is 30.7 Å². The number of nitrogens with two attached hydrogens (primary N) is 1. The molecule has 1 aromatic rings. The van der Waals surface area contributed by atoms with E-state index in [2.05, 4.69) is 11.0 Å². The summed E-state index contributed by atoms with van der Waals surface area (Å²) >= 11 is 0. The van der Waals surface area contributed by atoms with Crippen LogP contribution in [0.3, 0.4) is 0 Å². The van der Waals surface area contributed by atoms with Crippen LogP contribution in [0.4, 0.5) is 0 Å². The first-order valence-corrected chi connectivity index (χ1v) is 7.93. The van der Waals surface area contributed by atoms with Crippen molar-refractivity contribution in [3.63, 3.8) is 0 Å². The van der Waals surface area contributed by atoms with Crippen LogP contribution in [0.15, 0.2) is 12.1 Å². The van der Waals surface area contributed by atoms with Crippen molar-refractivity contribution in [3.05, 3.63) is 17.7 Å². The van der Waals surface area contributed by atoms with E-state index >= 15 is 0 Å². The summed E-state index contributed by atoms with van der Waals surface area (Å²) in [6.45, 7) is 3.09. The maximum absolute atomic E-state index is 6.23. The summed E-state index contributed by atoms with van der Waals surface area (Å²) in [5.41, 5.74) is 7.36. The van der Waals surface area contributed by atoms with Gasteiger partial charge in [0.2, 0.25) is 5.75 Å². The fraction of sp³-hybridized carbons (Fsp3) is 0.647. The number of rotatable bonds is 5. The van der Waals surface area contributed by atoms with Crippen LogP contribution < -0.4 is 19.9 Å². The quantitative estimate of drug-likeness (QED) is 0.889. The summed E-state index contributed by atoms with van der Waals surface area (Å²) in [5.74, 6) is 3.55. The molecule has 1 aromatic carbocycles. The van der Waals surface area contributed by atoms with Gasteiger partial charge < -0.3 is 19.9 Å². The Morgan fingerprint density at radius 2 is 1.78 bits per heavy atom. The molecule has 23 heavy (non-hydrogen) atoms. The highest BCUT2D eigenvalue weighted by atomic mass is 35.5. The van der Waals surface area contributed by atoms with Crippen LogP contribution >= 0.6 is 12.4 Å². The van der Waals surface area contributed by atoms with Crippen molar-refractivity contribution in [3.8, 4) is 17.2 Å². The molecule has 1 aliphatic carbocycles. The molecule has 1 aliphatic heterocycles. The summed E-state index contributed by atoms with van der Waals surface area (Å²) in [4.78, 5) is 2.48. The molecular weight excluding hydrogens is 316 g/mol. The van der Waals surface area contributed by atoms with Gasteiger partial charge in [0.25, 0.3) is 0 Å². The smallest absolute Gasteiger partial charge is 0.203 e. The van der Waals surface area contributed by atoms with Crippen LogP contribution in [0.1, 0.15) is 18.4 Å². The summed E-state index contributed by atoms with van der Waals surface area (Å²) in [5, 5.41) is 0. The SMILES string of the molecule is COc1ccc(CN2CC3CCC(N)C3C2)c(OC)c1OC.Cl.